The lowest BCUT2D eigenvalue weighted by Crippen LogP contribution is -2.52. The first-order chi connectivity index (χ1) is 14.1. The van der Waals surface area contributed by atoms with Gasteiger partial charge in [0.1, 0.15) is 5.60 Å². The first-order valence-electron chi connectivity index (χ1n) is 11.1. The number of unbranched alkanes of at least 4 members (excludes halogenated alkanes) is 1. The Kier molecular flexibility index (Phi) is 11.5. The maximum atomic E-state index is 12.0. The fraction of sp³-hybridized carbons (Fsp3) is 0.857. The van der Waals surface area contributed by atoms with Crippen molar-refractivity contribution < 1.29 is 14.3 Å². The van der Waals surface area contributed by atoms with E-state index in [4.69, 9.17) is 4.74 Å². The number of guanidine groups is 1. The molecule has 1 fully saturated rings. The van der Waals surface area contributed by atoms with E-state index in [2.05, 4.69) is 32.8 Å². The zero-order valence-corrected chi connectivity index (χ0v) is 19.7. The molecule has 0 aromatic heterocycles. The van der Waals surface area contributed by atoms with Crippen molar-refractivity contribution in [2.24, 2.45) is 4.99 Å². The van der Waals surface area contributed by atoms with Gasteiger partial charge in [-0.25, -0.2) is 4.79 Å². The van der Waals surface area contributed by atoms with Crippen molar-refractivity contribution in [2.75, 3.05) is 52.9 Å². The van der Waals surface area contributed by atoms with Crippen molar-refractivity contribution in [1.29, 1.82) is 0 Å². The summed E-state index contributed by atoms with van der Waals surface area (Å²) < 4.78 is 5.32. The number of ether oxygens (including phenoxy) is 1. The number of carbonyl (C=O) groups excluding carboxylic acids is 2. The van der Waals surface area contributed by atoms with E-state index in [9.17, 15) is 9.59 Å². The van der Waals surface area contributed by atoms with Gasteiger partial charge >= 0.3 is 6.09 Å². The average Bonchev–Trinajstić information content (AvgIpc) is 2.67. The monoisotopic (exact) mass is 426 g/mol. The van der Waals surface area contributed by atoms with E-state index in [0.717, 1.165) is 64.5 Å². The SMILES string of the molecule is CCCCC(CNC(=O)OC(C)(C)C)NC(=NC)NCCN1CCN(C(C)=O)CC1. The first kappa shape index (κ1) is 26.0. The molecule has 1 unspecified atom stereocenters. The predicted molar refractivity (Wildman–Crippen MR) is 121 cm³/mol. The molecule has 0 aromatic carbocycles. The summed E-state index contributed by atoms with van der Waals surface area (Å²) in [6.45, 7) is 14.8. The van der Waals surface area contributed by atoms with E-state index < -0.39 is 11.7 Å². The minimum atomic E-state index is -0.510. The van der Waals surface area contributed by atoms with Crippen LogP contribution >= 0.6 is 0 Å². The topological polar surface area (TPSA) is 98.3 Å². The van der Waals surface area contributed by atoms with Crippen LogP contribution in [0.5, 0.6) is 0 Å². The van der Waals surface area contributed by atoms with E-state index in [1.807, 2.05) is 25.7 Å². The van der Waals surface area contributed by atoms with Gasteiger partial charge in [-0.05, 0) is 27.2 Å². The summed E-state index contributed by atoms with van der Waals surface area (Å²) in [5.41, 5.74) is -0.510. The molecule has 1 aliphatic heterocycles. The fourth-order valence-corrected chi connectivity index (χ4v) is 3.20. The zero-order valence-electron chi connectivity index (χ0n) is 19.7. The number of rotatable bonds is 9. The largest absolute Gasteiger partial charge is 0.444 e. The molecule has 2 amide bonds. The van der Waals surface area contributed by atoms with E-state index in [1.165, 1.54) is 0 Å². The summed E-state index contributed by atoms with van der Waals surface area (Å²) >= 11 is 0. The zero-order chi connectivity index (χ0) is 22.6. The van der Waals surface area contributed by atoms with Crippen LogP contribution < -0.4 is 16.0 Å². The molecule has 0 aromatic rings. The van der Waals surface area contributed by atoms with Crippen LogP contribution in [0.3, 0.4) is 0 Å². The Balaban J connectivity index is 2.41. The first-order valence-corrected chi connectivity index (χ1v) is 11.1. The molecule has 1 heterocycles. The molecule has 1 rings (SSSR count). The normalized spacial score (nSPS) is 16.7. The van der Waals surface area contributed by atoms with Gasteiger partial charge in [0.25, 0.3) is 0 Å². The summed E-state index contributed by atoms with van der Waals surface area (Å²) in [5, 5.41) is 9.62. The third-order valence-electron chi connectivity index (χ3n) is 4.90. The number of aliphatic imine (C=N–C) groups is 1. The maximum Gasteiger partial charge on any atom is 0.407 e. The molecule has 174 valence electrons. The highest BCUT2D eigenvalue weighted by Gasteiger charge is 2.19. The minimum absolute atomic E-state index is 0.0720. The van der Waals surface area contributed by atoms with Gasteiger partial charge in [0, 0.05) is 65.8 Å². The quantitative estimate of drug-likeness (QED) is 0.381. The van der Waals surface area contributed by atoms with Crippen LogP contribution in [0.4, 0.5) is 4.79 Å². The molecule has 0 bridgehead atoms. The Hall–Kier alpha value is -2.03. The third kappa shape index (κ3) is 11.2. The average molecular weight is 427 g/mol. The van der Waals surface area contributed by atoms with Gasteiger partial charge in [0.05, 0.1) is 0 Å². The van der Waals surface area contributed by atoms with Crippen LogP contribution in [0, 0.1) is 0 Å². The number of amides is 2. The number of hydrogen-bond acceptors (Lipinski definition) is 5. The summed E-state index contributed by atoms with van der Waals surface area (Å²) in [7, 11) is 1.75. The van der Waals surface area contributed by atoms with Crippen molar-refractivity contribution in [3.63, 3.8) is 0 Å². The molecule has 0 aliphatic carbocycles. The van der Waals surface area contributed by atoms with E-state index in [1.54, 1.807) is 14.0 Å². The Morgan fingerprint density at radius 1 is 1.13 bits per heavy atom. The molecular formula is C21H42N6O3. The number of carbonyl (C=O) groups is 2. The number of alkyl carbamates (subject to hydrolysis) is 1. The maximum absolute atomic E-state index is 12.0. The van der Waals surface area contributed by atoms with Gasteiger partial charge in [0.15, 0.2) is 5.96 Å². The molecular weight excluding hydrogens is 384 g/mol. The Morgan fingerprint density at radius 3 is 2.33 bits per heavy atom. The van der Waals surface area contributed by atoms with Crippen LogP contribution in [-0.2, 0) is 9.53 Å². The van der Waals surface area contributed by atoms with Crippen LogP contribution in [0.15, 0.2) is 4.99 Å². The standard InChI is InChI=1S/C21H42N6O3/c1-7-8-9-18(16-24-20(29)30-21(3,4)5)25-19(22-6)23-10-11-26-12-14-27(15-13-26)17(2)28/h18H,7-16H2,1-6H3,(H,24,29)(H2,22,23,25). The molecule has 3 N–H and O–H groups in total. The predicted octanol–water partition coefficient (Wildman–Crippen LogP) is 1.40. The van der Waals surface area contributed by atoms with E-state index >= 15 is 0 Å². The second-order valence-corrected chi connectivity index (χ2v) is 8.71. The third-order valence-corrected chi connectivity index (χ3v) is 4.90. The van der Waals surface area contributed by atoms with Crippen LogP contribution in [0.25, 0.3) is 0 Å². The van der Waals surface area contributed by atoms with Gasteiger partial charge in [0.2, 0.25) is 5.91 Å². The molecule has 0 spiro atoms. The van der Waals surface area contributed by atoms with Crippen molar-refractivity contribution >= 4 is 18.0 Å². The van der Waals surface area contributed by atoms with Crippen molar-refractivity contribution in [2.45, 2.75) is 65.5 Å². The van der Waals surface area contributed by atoms with Gasteiger partial charge in [-0.15, -0.1) is 0 Å². The lowest BCUT2D eigenvalue weighted by molar-refractivity contribution is -0.130. The highest BCUT2D eigenvalue weighted by atomic mass is 16.6. The smallest absolute Gasteiger partial charge is 0.407 e. The van der Waals surface area contributed by atoms with Gasteiger partial charge in [-0.1, -0.05) is 19.8 Å². The molecule has 1 saturated heterocycles. The van der Waals surface area contributed by atoms with Crippen LogP contribution in [0.1, 0.15) is 53.9 Å². The van der Waals surface area contributed by atoms with Gasteiger partial charge < -0.3 is 25.6 Å². The lowest BCUT2D eigenvalue weighted by atomic mass is 10.1. The number of nitrogens with one attached hydrogen (secondary N) is 3. The Bertz CT molecular complexity index is 553. The molecule has 1 aliphatic rings. The molecule has 30 heavy (non-hydrogen) atoms. The second kappa shape index (κ2) is 13.3. The molecule has 0 radical (unpaired) electrons. The number of nitrogens with zero attached hydrogens (tertiary/aromatic N) is 3. The Morgan fingerprint density at radius 2 is 1.80 bits per heavy atom. The van der Waals surface area contributed by atoms with Crippen molar-refractivity contribution in [1.82, 2.24) is 25.8 Å². The van der Waals surface area contributed by atoms with Gasteiger partial charge in [-0.2, -0.15) is 0 Å². The summed E-state index contributed by atoms with van der Waals surface area (Å²) in [4.78, 5) is 31.9. The molecule has 9 heteroatoms. The number of piperazine rings is 1. The molecule has 9 nitrogen and oxygen atoms in total. The van der Waals surface area contributed by atoms with Gasteiger partial charge in [-0.3, -0.25) is 14.7 Å². The summed E-state index contributed by atoms with van der Waals surface area (Å²) in [6, 6.07) is 0.0720. The minimum Gasteiger partial charge on any atom is -0.444 e. The van der Waals surface area contributed by atoms with Crippen LogP contribution in [-0.4, -0.2) is 92.3 Å². The highest BCUT2D eigenvalue weighted by molar-refractivity contribution is 5.80. The molecule has 1 atom stereocenters. The molecule has 0 saturated carbocycles. The highest BCUT2D eigenvalue weighted by Crippen LogP contribution is 2.07. The second-order valence-electron chi connectivity index (χ2n) is 8.71. The van der Waals surface area contributed by atoms with E-state index in [-0.39, 0.29) is 11.9 Å². The lowest BCUT2D eigenvalue weighted by Gasteiger charge is -2.34. The Labute approximate surface area is 182 Å². The van der Waals surface area contributed by atoms with E-state index in [0.29, 0.717) is 6.54 Å². The summed E-state index contributed by atoms with van der Waals surface area (Å²) in [6.07, 6.45) is 2.67. The fourth-order valence-electron chi connectivity index (χ4n) is 3.20. The van der Waals surface area contributed by atoms with Crippen molar-refractivity contribution in [3.8, 4) is 0 Å². The summed E-state index contributed by atoms with van der Waals surface area (Å²) in [5.74, 6) is 0.875. The number of hydrogen-bond donors (Lipinski definition) is 3. The van der Waals surface area contributed by atoms with Crippen LogP contribution in [0.2, 0.25) is 0 Å². The van der Waals surface area contributed by atoms with Crippen molar-refractivity contribution in [3.05, 3.63) is 0 Å².